The third kappa shape index (κ3) is 4.42. The van der Waals surface area contributed by atoms with Crippen molar-refractivity contribution in [1.29, 1.82) is 0 Å². The highest BCUT2D eigenvalue weighted by molar-refractivity contribution is 6.03. The molecule has 1 heterocycles. The van der Waals surface area contributed by atoms with Gasteiger partial charge in [-0.05, 0) is 48.9 Å². The van der Waals surface area contributed by atoms with Crippen LogP contribution < -0.4 is 15.7 Å². The Labute approximate surface area is 160 Å². The SMILES string of the molecule is Cc1ccc(NC(=O)c2cccn(OCc3ccc([N+](=O)[O-])cc3)c2=O)cc1. The molecule has 8 heteroatoms. The quantitative estimate of drug-likeness (QED) is 0.524. The van der Waals surface area contributed by atoms with Crippen LogP contribution in [0.3, 0.4) is 0 Å². The molecule has 0 saturated carbocycles. The number of rotatable bonds is 6. The largest absolute Gasteiger partial charge is 0.406 e. The average Bonchev–Trinajstić information content (AvgIpc) is 2.69. The van der Waals surface area contributed by atoms with Crippen LogP contribution in [0.1, 0.15) is 21.5 Å². The maximum atomic E-state index is 12.5. The van der Waals surface area contributed by atoms with Gasteiger partial charge in [-0.1, -0.05) is 17.7 Å². The Balaban J connectivity index is 1.71. The fourth-order valence-corrected chi connectivity index (χ4v) is 2.44. The van der Waals surface area contributed by atoms with Gasteiger partial charge < -0.3 is 10.2 Å². The summed E-state index contributed by atoms with van der Waals surface area (Å²) in [5, 5.41) is 13.3. The second kappa shape index (κ2) is 8.17. The van der Waals surface area contributed by atoms with Crippen molar-refractivity contribution in [3.05, 3.63) is 104 Å². The van der Waals surface area contributed by atoms with Gasteiger partial charge in [0.05, 0.1) is 4.92 Å². The van der Waals surface area contributed by atoms with Crippen molar-refractivity contribution in [2.24, 2.45) is 0 Å². The van der Waals surface area contributed by atoms with E-state index in [9.17, 15) is 19.7 Å². The Hall–Kier alpha value is -3.94. The Bertz CT molecular complexity index is 1060. The molecule has 1 aromatic heterocycles. The minimum absolute atomic E-state index is 0.0148. The van der Waals surface area contributed by atoms with Crippen LogP contribution in [0.15, 0.2) is 71.7 Å². The molecule has 0 aliphatic carbocycles. The van der Waals surface area contributed by atoms with Crippen molar-refractivity contribution in [3.8, 4) is 0 Å². The molecule has 0 radical (unpaired) electrons. The molecule has 2 aromatic carbocycles. The lowest BCUT2D eigenvalue weighted by Crippen LogP contribution is -2.32. The molecule has 0 unspecified atom stereocenters. The fourth-order valence-electron chi connectivity index (χ4n) is 2.44. The van der Waals surface area contributed by atoms with E-state index in [-0.39, 0.29) is 17.9 Å². The molecule has 0 atom stereocenters. The minimum atomic E-state index is -0.603. The summed E-state index contributed by atoms with van der Waals surface area (Å²) in [7, 11) is 0. The molecule has 8 nitrogen and oxygen atoms in total. The molecule has 0 bridgehead atoms. The maximum absolute atomic E-state index is 12.5. The Morgan fingerprint density at radius 3 is 2.43 bits per heavy atom. The Morgan fingerprint density at radius 2 is 1.79 bits per heavy atom. The first kappa shape index (κ1) is 18.8. The fraction of sp³-hybridized carbons (Fsp3) is 0.100. The minimum Gasteiger partial charge on any atom is -0.406 e. The molecule has 3 rings (SSSR count). The number of carbonyl (C=O) groups excluding carboxylic acids is 1. The van der Waals surface area contributed by atoms with E-state index < -0.39 is 16.4 Å². The summed E-state index contributed by atoms with van der Waals surface area (Å²) >= 11 is 0. The van der Waals surface area contributed by atoms with Gasteiger partial charge >= 0.3 is 0 Å². The van der Waals surface area contributed by atoms with Crippen LogP contribution in [0.2, 0.25) is 0 Å². The van der Waals surface area contributed by atoms with Gasteiger partial charge in [-0.2, -0.15) is 4.73 Å². The lowest BCUT2D eigenvalue weighted by molar-refractivity contribution is -0.384. The number of benzene rings is 2. The van der Waals surface area contributed by atoms with Crippen LogP contribution in [-0.4, -0.2) is 15.6 Å². The topological polar surface area (TPSA) is 103 Å². The van der Waals surface area contributed by atoms with Gasteiger partial charge in [0.25, 0.3) is 17.2 Å². The van der Waals surface area contributed by atoms with Gasteiger partial charge in [0.2, 0.25) is 0 Å². The smallest absolute Gasteiger partial charge is 0.295 e. The van der Waals surface area contributed by atoms with Crippen molar-refractivity contribution in [3.63, 3.8) is 0 Å². The molecule has 142 valence electrons. The number of non-ortho nitro benzene ring substituents is 1. The summed E-state index contributed by atoms with van der Waals surface area (Å²) in [5.41, 5.74) is 1.58. The molecule has 1 amide bonds. The molecule has 0 fully saturated rings. The summed E-state index contributed by atoms with van der Waals surface area (Å²) in [5.74, 6) is -0.540. The Kier molecular flexibility index (Phi) is 5.50. The zero-order chi connectivity index (χ0) is 20.1. The number of hydrogen-bond donors (Lipinski definition) is 1. The van der Waals surface area contributed by atoms with Gasteiger partial charge in [0, 0.05) is 24.0 Å². The van der Waals surface area contributed by atoms with E-state index in [1.807, 2.05) is 19.1 Å². The number of nitrogens with zero attached hydrogens (tertiary/aromatic N) is 2. The van der Waals surface area contributed by atoms with E-state index in [2.05, 4.69) is 5.32 Å². The van der Waals surface area contributed by atoms with Crippen LogP contribution in [0.4, 0.5) is 11.4 Å². The van der Waals surface area contributed by atoms with Crippen LogP contribution in [0.25, 0.3) is 0 Å². The van der Waals surface area contributed by atoms with E-state index >= 15 is 0 Å². The summed E-state index contributed by atoms with van der Waals surface area (Å²) in [4.78, 5) is 40.5. The standard InChI is InChI=1S/C20H17N3O5/c1-14-4-8-16(9-5-14)21-19(24)18-3-2-12-22(20(18)25)28-13-15-6-10-17(11-7-15)23(26)27/h2-12H,13H2,1H3,(H,21,24). The van der Waals surface area contributed by atoms with E-state index in [0.717, 1.165) is 10.3 Å². The lowest BCUT2D eigenvalue weighted by Gasteiger charge is -2.10. The molecular weight excluding hydrogens is 362 g/mol. The highest BCUT2D eigenvalue weighted by Gasteiger charge is 2.13. The summed E-state index contributed by atoms with van der Waals surface area (Å²) < 4.78 is 0.964. The average molecular weight is 379 g/mol. The van der Waals surface area contributed by atoms with Gasteiger partial charge in [-0.15, -0.1) is 0 Å². The second-order valence-corrected chi connectivity index (χ2v) is 6.07. The predicted molar refractivity (Wildman–Crippen MR) is 103 cm³/mol. The molecule has 28 heavy (non-hydrogen) atoms. The number of aryl methyl sites for hydroxylation is 1. The first-order valence-corrected chi connectivity index (χ1v) is 8.40. The van der Waals surface area contributed by atoms with Crippen LogP contribution in [-0.2, 0) is 6.61 Å². The number of amides is 1. The first-order chi connectivity index (χ1) is 13.4. The zero-order valence-corrected chi connectivity index (χ0v) is 15.0. The van der Waals surface area contributed by atoms with Gasteiger partial charge in [0.15, 0.2) is 0 Å². The number of aromatic nitrogens is 1. The predicted octanol–water partition coefficient (Wildman–Crippen LogP) is 2.95. The third-order valence-electron chi connectivity index (χ3n) is 3.99. The van der Waals surface area contributed by atoms with Gasteiger partial charge in [-0.3, -0.25) is 19.7 Å². The molecule has 0 aliphatic heterocycles. The van der Waals surface area contributed by atoms with Crippen molar-refractivity contribution >= 4 is 17.3 Å². The monoisotopic (exact) mass is 379 g/mol. The van der Waals surface area contributed by atoms with E-state index in [4.69, 9.17) is 4.84 Å². The number of nitro groups is 1. The number of hydrogen-bond acceptors (Lipinski definition) is 5. The summed E-state index contributed by atoms with van der Waals surface area (Å²) in [6, 6.07) is 15.9. The first-order valence-electron chi connectivity index (χ1n) is 8.40. The van der Waals surface area contributed by atoms with Crippen molar-refractivity contribution < 1.29 is 14.6 Å². The van der Waals surface area contributed by atoms with Crippen molar-refractivity contribution in [1.82, 2.24) is 4.73 Å². The van der Waals surface area contributed by atoms with Crippen molar-refractivity contribution in [2.45, 2.75) is 13.5 Å². The number of carbonyl (C=O) groups is 1. The van der Waals surface area contributed by atoms with E-state index in [1.165, 1.54) is 42.6 Å². The molecular formula is C20H17N3O5. The van der Waals surface area contributed by atoms with Crippen LogP contribution >= 0.6 is 0 Å². The van der Waals surface area contributed by atoms with Gasteiger partial charge in [-0.25, -0.2) is 0 Å². The number of pyridine rings is 1. The maximum Gasteiger partial charge on any atom is 0.295 e. The van der Waals surface area contributed by atoms with E-state index in [1.54, 1.807) is 12.1 Å². The van der Waals surface area contributed by atoms with Gasteiger partial charge in [0.1, 0.15) is 12.2 Å². The Morgan fingerprint density at radius 1 is 1.11 bits per heavy atom. The molecule has 0 spiro atoms. The number of nitro benzene ring substituents is 1. The molecule has 3 aromatic rings. The van der Waals surface area contributed by atoms with Crippen molar-refractivity contribution in [2.75, 3.05) is 5.32 Å². The summed E-state index contributed by atoms with van der Waals surface area (Å²) in [6.45, 7) is 1.95. The normalized spacial score (nSPS) is 10.3. The highest BCUT2D eigenvalue weighted by Crippen LogP contribution is 2.12. The second-order valence-electron chi connectivity index (χ2n) is 6.07. The molecule has 0 aliphatic rings. The number of anilines is 1. The molecule has 1 N–H and O–H groups in total. The number of nitrogens with one attached hydrogen (secondary N) is 1. The summed E-state index contributed by atoms with van der Waals surface area (Å²) in [6.07, 6.45) is 1.40. The van der Waals surface area contributed by atoms with Crippen LogP contribution in [0.5, 0.6) is 0 Å². The zero-order valence-electron chi connectivity index (χ0n) is 15.0. The van der Waals surface area contributed by atoms with Crippen LogP contribution in [0, 0.1) is 17.0 Å². The van der Waals surface area contributed by atoms with E-state index in [0.29, 0.717) is 11.3 Å². The third-order valence-corrected chi connectivity index (χ3v) is 3.99. The highest BCUT2D eigenvalue weighted by atomic mass is 16.7. The molecule has 0 saturated heterocycles. The lowest BCUT2D eigenvalue weighted by atomic mass is 10.2.